The SMILES string of the molecule is Cc1ccc([C@H](C)NC(=O)COc2ccc(/C=N/NC(=O)c3ccc(O)c(Cl)c3)c3ccccc23)cc1. The molecule has 0 bridgehead atoms. The maximum Gasteiger partial charge on any atom is 0.271 e. The molecule has 2 amide bonds. The van der Waals surface area contributed by atoms with E-state index in [1.54, 1.807) is 12.1 Å². The molecule has 4 aromatic rings. The van der Waals surface area contributed by atoms with Crippen molar-refractivity contribution >= 4 is 40.4 Å². The van der Waals surface area contributed by atoms with Crippen LogP contribution in [0.25, 0.3) is 10.8 Å². The maximum absolute atomic E-state index is 12.5. The Hall–Kier alpha value is -4.36. The fraction of sp³-hybridized carbons (Fsp3) is 0.138. The molecule has 0 saturated carbocycles. The molecule has 0 aliphatic heterocycles. The highest BCUT2D eigenvalue weighted by atomic mass is 35.5. The van der Waals surface area contributed by atoms with Gasteiger partial charge in [0, 0.05) is 16.5 Å². The fourth-order valence-electron chi connectivity index (χ4n) is 3.77. The van der Waals surface area contributed by atoms with Gasteiger partial charge in [-0.15, -0.1) is 0 Å². The van der Waals surface area contributed by atoms with Crippen molar-refractivity contribution in [1.29, 1.82) is 0 Å². The molecule has 37 heavy (non-hydrogen) atoms. The summed E-state index contributed by atoms with van der Waals surface area (Å²) >= 11 is 5.87. The number of carbonyl (C=O) groups is 2. The van der Waals surface area contributed by atoms with Crippen molar-refractivity contribution in [2.75, 3.05) is 6.61 Å². The quantitative estimate of drug-likeness (QED) is 0.212. The Labute approximate surface area is 219 Å². The van der Waals surface area contributed by atoms with Gasteiger partial charge in [0.15, 0.2) is 6.61 Å². The van der Waals surface area contributed by atoms with Gasteiger partial charge in [0.05, 0.1) is 17.3 Å². The van der Waals surface area contributed by atoms with E-state index in [2.05, 4.69) is 15.8 Å². The second-order valence-electron chi connectivity index (χ2n) is 8.55. The minimum Gasteiger partial charge on any atom is -0.506 e. The fourth-order valence-corrected chi connectivity index (χ4v) is 3.95. The second kappa shape index (κ2) is 11.6. The average Bonchev–Trinajstić information content (AvgIpc) is 2.89. The Bertz CT molecular complexity index is 1470. The number of hydrogen-bond acceptors (Lipinski definition) is 5. The van der Waals surface area contributed by atoms with Gasteiger partial charge in [-0.1, -0.05) is 65.7 Å². The Morgan fingerprint density at radius 3 is 2.49 bits per heavy atom. The minimum atomic E-state index is -0.465. The van der Waals surface area contributed by atoms with Gasteiger partial charge in [-0.25, -0.2) is 5.43 Å². The van der Waals surface area contributed by atoms with E-state index in [9.17, 15) is 14.7 Å². The van der Waals surface area contributed by atoms with E-state index in [0.717, 1.165) is 27.5 Å². The van der Waals surface area contributed by atoms with Crippen molar-refractivity contribution in [1.82, 2.24) is 10.7 Å². The van der Waals surface area contributed by atoms with Crippen LogP contribution in [-0.2, 0) is 4.79 Å². The molecule has 4 aromatic carbocycles. The molecule has 0 aliphatic carbocycles. The van der Waals surface area contributed by atoms with E-state index in [1.807, 2.05) is 62.4 Å². The highest BCUT2D eigenvalue weighted by Gasteiger charge is 2.12. The second-order valence-corrected chi connectivity index (χ2v) is 8.96. The van der Waals surface area contributed by atoms with Gasteiger partial charge in [0.25, 0.3) is 11.8 Å². The number of phenols is 1. The number of halogens is 1. The molecule has 188 valence electrons. The number of amides is 2. The first-order valence-corrected chi connectivity index (χ1v) is 12.0. The highest BCUT2D eigenvalue weighted by molar-refractivity contribution is 6.32. The number of nitrogens with one attached hydrogen (secondary N) is 2. The summed E-state index contributed by atoms with van der Waals surface area (Å²) in [5.41, 5.74) is 5.66. The molecule has 0 spiro atoms. The van der Waals surface area contributed by atoms with Crippen LogP contribution in [0.3, 0.4) is 0 Å². The third kappa shape index (κ3) is 6.45. The van der Waals surface area contributed by atoms with Crippen molar-refractivity contribution in [2.24, 2.45) is 5.10 Å². The summed E-state index contributed by atoms with van der Waals surface area (Å²) in [6.45, 7) is 3.83. The molecule has 0 fully saturated rings. The van der Waals surface area contributed by atoms with Crippen molar-refractivity contribution in [3.63, 3.8) is 0 Å². The molecular formula is C29H26ClN3O4. The molecule has 0 aromatic heterocycles. The normalized spacial score (nSPS) is 11.9. The zero-order valence-electron chi connectivity index (χ0n) is 20.4. The number of benzene rings is 4. The molecule has 0 radical (unpaired) electrons. The van der Waals surface area contributed by atoms with Gasteiger partial charge < -0.3 is 15.2 Å². The van der Waals surface area contributed by atoms with Crippen LogP contribution in [0.2, 0.25) is 5.02 Å². The molecule has 0 saturated heterocycles. The number of rotatable bonds is 8. The van der Waals surface area contributed by atoms with Crippen LogP contribution in [0, 0.1) is 6.92 Å². The molecular weight excluding hydrogens is 490 g/mol. The average molecular weight is 516 g/mol. The van der Waals surface area contributed by atoms with Crippen LogP contribution in [0.5, 0.6) is 11.5 Å². The standard InChI is InChI=1S/C29H26ClN3O4/c1-18-7-9-20(10-8-18)19(2)32-28(35)17-37-27-14-12-22(23-5-3-4-6-24(23)27)16-31-33-29(36)21-11-13-26(34)25(30)15-21/h3-16,19,34H,17H2,1-2H3,(H,32,35)(H,33,36)/b31-16+/t19-/m0/s1. The van der Waals surface area contributed by atoms with E-state index in [4.69, 9.17) is 16.3 Å². The minimum absolute atomic E-state index is 0.0801. The van der Waals surface area contributed by atoms with Crippen LogP contribution in [0.15, 0.2) is 84.0 Å². The molecule has 8 heteroatoms. The third-order valence-electron chi connectivity index (χ3n) is 5.81. The van der Waals surface area contributed by atoms with E-state index >= 15 is 0 Å². The first-order chi connectivity index (χ1) is 17.8. The number of aromatic hydroxyl groups is 1. The maximum atomic E-state index is 12.5. The molecule has 7 nitrogen and oxygen atoms in total. The monoisotopic (exact) mass is 515 g/mol. The number of ether oxygens (including phenoxy) is 1. The first-order valence-electron chi connectivity index (χ1n) is 11.6. The van der Waals surface area contributed by atoms with Crippen molar-refractivity contribution in [3.05, 3.63) is 106 Å². The van der Waals surface area contributed by atoms with E-state index in [0.29, 0.717) is 5.75 Å². The number of carbonyl (C=O) groups excluding carboxylic acids is 2. The largest absolute Gasteiger partial charge is 0.506 e. The van der Waals surface area contributed by atoms with Crippen molar-refractivity contribution in [3.8, 4) is 11.5 Å². The van der Waals surface area contributed by atoms with Gasteiger partial charge in [-0.3, -0.25) is 9.59 Å². The van der Waals surface area contributed by atoms with Gasteiger partial charge in [0.1, 0.15) is 11.5 Å². The third-order valence-corrected chi connectivity index (χ3v) is 6.11. The lowest BCUT2D eigenvalue weighted by atomic mass is 10.0. The predicted molar refractivity (Wildman–Crippen MR) is 145 cm³/mol. The van der Waals surface area contributed by atoms with Crippen LogP contribution >= 0.6 is 11.6 Å². The van der Waals surface area contributed by atoms with E-state index in [-0.39, 0.29) is 34.9 Å². The van der Waals surface area contributed by atoms with Gasteiger partial charge in [-0.05, 0) is 55.1 Å². The number of fused-ring (bicyclic) bond motifs is 1. The van der Waals surface area contributed by atoms with Gasteiger partial charge in [0.2, 0.25) is 0 Å². The number of hydrogen-bond donors (Lipinski definition) is 3. The lowest BCUT2D eigenvalue weighted by molar-refractivity contribution is -0.123. The number of nitrogens with zero attached hydrogens (tertiary/aromatic N) is 1. The van der Waals surface area contributed by atoms with E-state index in [1.165, 1.54) is 24.4 Å². The smallest absolute Gasteiger partial charge is 0.271 e. The summed E-state index contributed by atoms with van der Waals surface area (Å²) in [7, 11) is 0. The van der Waals surface area contributed by atoms with Crippen LogP contribution in [0.1, 0.15) is 40.0 Å². The van der Waals surface area contributed by atoms with Gasteiger partial charge in [-0.2, -0.15) is 5.10 Å². The Kier molecular flexibility index (Phi) is 8.05. The summed E-state index contributed by atoms with van der Waals surface area (Å²) in [4.78, 5) is 24.8. The molecule has 4 rings (SSSR count). The molecule has 1 atom stereocenters. The Morgan fingerprint density at radius 2 is 1.76 bits per heavy atom. The first kappa shape index (κ1) is 25.7. The summed E-state index contributed by atoms with van der Waals surface area (Å²) in [6, 6.07) is 23.2. The number of aryl methyl sites for hydroxylation is 1. The lowest BCUT2D eigenvalue weighted by Gasteiger charge is -2.16. The Morgan fingerprint density at radius 1 is 1.03 bits per heavy atom. The predicted octanol–water partition coefficient (Wildman–Crippen LogP) is 5.53. The zero-order chi connectivity index (χ0) is 26.4. The number of hydrazone groups is 1. The Balaban J connectivity index is 1.41. The number of phenolic OH excluding ortho intramolecular Hbond substituents is 1. The van der Waals surface area contributed by atoms with Gasteiger partial charge >= 0.3 is 0 Å². The lowest BCUT2D eigenvalue weighted by Crippen LogP contribution is -2.31. The molecule has 0 heterocycles. The van der Waals surface area contributed by atoms with Crippen LogP contribution < -0.4 is 15.5 Å². The summed E-state index contributed by atoms with van der Waals surface area (Å²) < 4.78 is 5.85. The molecule has 3 N–H and O–H groups in total. The van der Waals surface area contributed by atoms with E-state index < -0.39 is 5.91 Å². The highest BCUT2D eigenvalue weighted by Crippen LogP contribution is 2.28. The summed E-state index contributed by atoms with van der Waals surface area (Å²) in [5.74, 6) is -0.226. The molecule has 0 unspecified atom stereocenters. The molecule has 0 aliphatic rings. The summed E-state index contributed by atoms with van der Waals surface area (Å²) in [5, 5.41) is 18.3. The zero-order valence-corrected chi connectivity index (χ0v) is 21.1. The summed E-state index contributed by atoms with van der Waals surface area (Å²) in [6.07, 6.45) is 1.53. The topological polar surface area (TPSA) is 100 Å². The van der Waals surface area contributed by atoms with Crippen molar-refractivity contribution < 1.29 is 19.4 Å². The van der Waals surface area contributed by atoms with Crippen LogP contribution in [-0.4, -0.2) is 29.7 Å². The van der Waals surface area contributed by atoms with Crippen LogP contribution in [0.4, 0.5) is 0 Å². The van der Waals surface area contributed by atoms with Crippen molar-refractivity contribution in [2.45, 2.75) is 19.9 Å².